The largest absolute Gasteiger partial charge is 0.455 e. The van der Waals surface area contributed by atoms with Crippen molar-refractivity contribution in [3.63, 3.8) is 0 Å². The molecule has 0 bridgehead atoms. The number of rotatable bonds is 4. The Balaban J connectivity index is 1.09. The lowest BCUT2D eigenvalue weighted by Gasteiger charge is -2.18. The molecular formula is C56H41N3O. The maximum Gasteiger partial charge on any atom is 0.145 e. The van der Waals surface area contributed by atoms with Crippen LogP contribution in [0.4, 0.5) is 0 Å². The number of hydrogen-bond acceptors (Lipinski definition) is 1. The molecule has 11 aromatic rings. The molecule has 4 nitrogen and oxygen atoms in total. The third-order valence-corrected chi connectivity index (χ3v) is 13.3. The first-order valence-electron chi connectivity index (χ1n) is 21.3. The van der Waals surface area contributed by atoms with E-state index in [1.54, 1.807) is 0 Å². The first-order valence-corrected chi connectivity index (χ1v) is 21.3. The van der Waals surface area contributed by atoms with Crippen molar-refractivity contribution in [2.24, 2.45) is 11.8 Å². The average molecular weight is 772 g/mol. The van der Waals surface area contributed by atoms with Gasteiger partial charge < -0.3 is 18.1 Å². The first-order chi connectivity index (χ1) is 29.6. The van der Waals surface area contributed by atoms with Crippen LogP contribution in [0, 0.1) is 11.8 Å². The average Bonchev–Trinajstić information content (AvgIpc) is 4.03. The smallest absolute Gasteiger partial charge is 0.145 e. The number of aromatic nitrogens is 3. The Morgan fingerprint density at radius 2 is 1.13 bits per heavy atom. The quantitative estimate of drug-likeness (QED) is 0.175. The molecule has 0 saturated carbocycles. The molecule has 4 heteroatoms. The number of fused-ring (bicyclic) bond motifs is 13. The molecule has 286 valence electrons. The molecule has 60 heavy (non-hydrogen) atoms. The van der Waals surface area contributed by atoms with Gasteiger partial charge in [-0.15, -0.1) is 0 Å². The van der Waals surface area contributed by atoms with E-state index in [1.165, 1.54) is 66.2 Å². The minimum absolute atomic E-state index is 0.476. The summed E-state index contributed by atoms with van der Waals surface area (Å²) in [5.74, 6) is 1.03. The highest BCUT2D eigenvalue weighted by atomic mass is 16.3. The van der Waals surface area contributed by atoms with Crippen molar-refractivity contribution in [1.82, 2.24) is 13.7 Å². The van der Waals surface area contributed by atoms with E-state index in [0.29, 0.717) is 11.8 Å². The van der Waals surface area contributed by atoms with E-state index in [-0.39, 0.29) is 0 Å². The number of benzene rings is 7. The number of nitrogens with zero attached hydrogens (tertiary/aromatic N) is 3. The third kappa shape index (κ3) is 4.73. The van der Waals surface area contributed by atoms with Crippen molar-refractivity contribution >= 4 is 88.2 Å². The SMILES string of the molecule is CC1C=CC(n2c3c(c4cc(-c5cc6c7ccccc7oc6c6c7ccccc7n(-c7ccc(-n8c9ccccc9c9ccccc98)cc7)c56)ccc42)CC(C)C=C3)=CC1. The lowest BCUT2D eigenvalue weighted by atomic mass is 9.91. The lowest BCUT2D eigenvalue weighted by molar-refractivity contribution is 0.673. The molecule has 0 radical (unpaired) electrons. The van der Waals surface area contributed by atoms with Crippen LogP contribution in [0.1, 0.15) is 31.5 Å². The Hall–Kier alpha value is -7.30. The Morgan fingerprint density at radius 1 is 0.517 bits per heavy atom. The Morgan fingerprint density at radius 3 is 1.85 bits per heavy atom. The van der Waals surface area contributed by atoms with Crippen molar-refractivity contribution < 1.29 is 4.42 Å². The summed E-state index contributed by atoms with van der Waals surface area (Å²) < 4.78 is 14.2. The highest BCUT2D eigenvalue weighted by Crippen LogP contribution is 2.47. The zero-order valence-corrected chi connectivity index (χ0v) is 33.6. The van der Waals surface area contributed by atoms with E-state index < -0.39 is 0 Å². The number of furan rings is 1. The van der Waals surface area contributed by atoms with Gasteiger partial charge in [-0.3, -0.25) is 0 Å². The van der Waals surface area contributed by atoms with Crippen LogP contribution in [0.3, 0.4) is 0 Å². The molecule has 0 N–H and O–H groups in total. The van der Waals surface area contributed by atoms with Crippen molar-refractivity contribution in [2.75, 3.05) is 0 Å². The molecule has 0 spiro atoms. The predicted molar refractivity (Wildman–Crippen MR) is 252 cm³/mol. The second-order valence-electron chi connectivity index (χ2n) is 17.0. The minimum Gasteiger partial charge on any atom is -0.455 e. The van der Waals surface area contributed by atoms with Gasteiger partial charge in [-0.2, -0.15) is 0 Å². The maximum absolute atomic E-state index is 6.86. The molecule has 7 aromatic carbocycles. The van der Waals surface area contributed by atoms with E-state index >= 15 is 0 Å². The van der Waals surface area contributed by atoms with Crippen LogP contribution in [0.15, 0.2) is 174 Å². The molecule has 2 aliphatic carbocycles. The molecule has 4 heterocycles. The van der Waals surface area contributed by atoms with Gasteiger partial charge in [0.25, 0.3) is 0 Å². The fourth-order valence-corrected chi connectivity index (χ4v) is 10.5. The second kappa shape index (κ2) is 12.6. The van der Waals surface area contributed by atoms with Crippen molar-refractivity contribution in [1.29, 1.82) is 0 Å². The highest BCUT2D eigenvalue weighted by molar-refractivity contribution is 6.27. The van der Waals surface area contributed by atoms with Gasteiger partial charge in [0.15, 0.2) is 0 Å². The summed E-state index contributed by atoms with van der Waals surface area (Å²) >= 11 is 0. The van der Waals surface area contributed by atoms with Crippen molar-refractivity contribution in [3.05, 3.63) is 181 Å². The van der Waals surface area contributed by atoms with E-state index in [9.17, 15) is 0 Å². The van der Waals surface area contributed by atoms with Crippen molar-refractivity contribution in [2.45, 2.75) is 26.7 Å². The van der Waals surface area contributed by atoms with Gasteiger partial charge in [-0.25, -0.2) is 0 Å². The van der Waals surface area contributed by atoms with Gasteiger partial charge in [-0.1, -0.05) is 111 Å². The molecule has 2 aliphatic rings. The van der Waals surface area contributed by atoms with E-state index in [2.05, 4.69) is 204 Å². The fraction of sp³-hybridized carbons (Fsp3) is 0.107. The van der Waals surface area contributed by atoms with E-state index in [0.717, 1.165) is 62.6 Å². The standard InChI is InChI=1S/C56H41N3O/c1-34-19-23-37(24-20-34)58-51-29-21-35(2)31-45(51)46-32-36(22-30-52(46)58)44-33-47-42-13-6-10-18-53(42)60-56(47)54-43-14-5-9-17-50(43)59(55(44)54)39-27-25-38(26-28-39)57-48-15-7-3-11-40(48)41-12-4-8-16-49(41)57/h3-19,21-30,32-35H,20,31H2,1-2H3. The number of hydrogen-bond donors (Lipinski definition) is 0. The summed E-state index contributed by atoms with van der Waals surface area (Å²) in [4.78, 5) is 0. The molecular weight excluding hydrogens is 731 g/mol. The molecule has 0 aliphatic heterocycles. The lowest BCUT2D eigenvalue weighted by Crippen LogP contribution is -2.07. The monoisotopic (exact) mass is 771 g/mol. The number of para-hydroxylation sites is 4. The van der Waals surface area contributed by atoms with Crippen LogP contribution in [-0.4, -0.2) is 13.7 Å². The highest BCUT2D eigenvalue weighted by Gasteiger charge is 2.26. The van der Waals surface area contributed by atoms with Gasteiger partial charge in [0, 0.05) is 60.6 Å². The van der Waals surface area contributed by atoms with E-state index in [4.69, 9.17) is 4.42 Å². The summed E-state index contributed by atoms with van der Waals surface area (Å²) in [7, 11) is 0. The Bertz CT molecular complexity index is 3640. The molecule has 13 rings (SSSR count). The summed E-state index contributed by atoms with van der Waals surface area (Å²) in [6.07, 6.45) is 13.9. The van der Waals surface area contributed by atoms with Gasteiger partial charge in [0.2, 0.25) is 0 Å². The topological polar surface area (TPSA) is 27.9 Å². The van der Waals surface area contributed by atoms with Crippen LogP contribution in [0.2, 0.25) is 0 Å². The Labute approximate surface area is 347 Å². The van der Waals surface area contributed by atoms with Gasteiger partial charge in [0.05, 0.1) is 33.0 Å². The molecule has 0 saturated heterocycles. The van der Waals surface area contributed by atoms with E-state index in [1.807, 2.05) is 0 Å². The van der Waals surface area contributed by atoms with Gasteiger partial charge in [-0.05, 0) is 115 Å². The summed E-state index contributed by atoms with van der Waals surface area (Å²) in [6, 6.07) is 53.5. The molecule has 2 unspecified atom stereocenters. The van der Waals surface area contributed by atoms with Crippen LogP contribution >= 0.6 is 0 Å². The first kappa shape index (κ1) is 33.6. The zero-order chi connectivity index (χ0) is 39.6. The molecule has 2 atom stereocenters. The molecule has 4 aromatic heterocycles. The third-order valence-electron chi connectivity index (χ3n) is 13.3. The minimum atomic E-state index is 0.476. The van der Waals surface area contributed by atoms with Crippen LogP contribution in [0.5, 0.6) is 0 Å². The molecule has 0 fully saturated rings. The van der Waals surface area contributed by atoms with Crippen molar-refractivity contribution in [3.8, 4) is 22.5 Å². The zero-order valence-electron chi connectivity index (χ0n) is 33.6. The fourth-order valence-electron chi connectivity index (χ4n) is 10.5. The maximum atomic E-state index is 6.86. The van der Waals surface area contributed by atoms with Crippen LogP contribution in [-0.2, 0) is 6.42 Å². The van der Waals surface area contributed by atoms with Gasteiger partial charge in [0.1, 0.15) is 11.2 Å². The van der Waals surface area contributed by atoms with Gasteiger partial charge >= 0.3 is 0 Å². The number of allylic oxidation sites excluding steroid dienone is 5. The van der Waals surface area contributed by atoms with Crippen LogP contribution in [0.25, 0.3) is 111 Å². The molecule has 0 amide bonds. The second-order valence-corrected chi connectivity index (χ2v) is 17.0. The summed E-state index contributed by atoms with van der Waals surface area (Å²) in [5.41, 5.74) is 16.5. The Kier molecular flexibility index (Phi) is 7.07. The normalized spacial score (nSPS) is 16.7. The summed E-state index contributed by atoms with van der Waals surface area (Å²) in [5, 5.41) is 8.45. The van der Waals surface area contributed by atoms with Crippen LogP contribution < -0.4 is 0 Å². The predicted octanol–water partition coefficient (Wildman–Crippen LogP) is 15.0. The summed E-state index contributed by atoms with van der Waals surface area (Å²) in [6.45, 7) is 4.63.